The molecule has 0 aliphatic carbocycles. The summed E-state index contributed by atoms with van der Waals surface area (Å²) in [5.41, 5.74) is 12.4. The van der Waals surface area contributed by atoms with E-state index in [4.69, 9.17) is 11.5 Å². The number of carbonyl (C=O) groups is 1. The standard InChI is InChI=1S/C10H15N3O2S/c1-16(15)5-4-13-9-6-7(10(12)14)2-3-8(9)11/h2-3,6,13H,4-5,11H2,1H3,(H2,12,14). The van der Waals surface area contributed by atoms with Gasteiger partial charge in [0, 0.05) is 34.9 Å². The van der Waals surface area contributed by atoms with Gasteiger partial charge in [-0.1, -0.05) is 0 Å². The Hall–Kier alpha value is -1.56. The Labute approximate surface area is 96.7 Å². The predicted molar refractivity (Wildman–Crippen MR) is 66.8 cm³/mol. The zero-order valence-corrected chi connectivity index (χ0v) is 9.84. The molecule has 6 heteroatoms. The molecule has 0 fully saturated rings. The number of primary amides is 1. The molecule has 1 atom stereocenters. The third-order valence-electron chi connectivity index (χ3n) is 2.04. The number of carbonyl (C=O) groups excluding carboxylic acids is 1. The second-order valence-electron chi connectivity index (χ2n) is 3.37. The highest BCUT2D eigenvalue weighted by molar-refractivity contribution is 7.84. The summed E-state index contributed by atoms with van der Waals surface area (Å²) in [5.74, 6) is 0.0300. The van der Waals surface area contributed by atoms with Crippen molar-refractivity contribution >= 4 is 28.1 Å². The summed E-state index contributed by atoms with van der Waals surface area (Å²) in [5, 5.41) is 3.01. The molecule has 0 aromatic heterocycles. The van der Waals surface area contributed by atoms with Crippen LogP contribution in [0.2, 0.25) is 0 Å². The van der Waals surface area contributed by atoms with Gasteiger partial charge in [-0.05, 0) is 18.2 Å². The van der Waals surface area contributed by atoms with E-state index in [0.717, 1.165) is 0 Å². The van der Waals surface area contributed by atoms with Gasteiger partial charge in [0.1, 0.15) is 0 Å². The third-order valence-corrected chi connectivity index (χ3v) is 2.82. The molecule has 0 saturated carbocycles. The monoisotopic (exact) mass is 241 g/mol. The predicted octanol–water partition coefficient (Wildman–Crippen LogP) is 0.158. The van der Waals surface area contributed by atoms with Crippen LogP contribution in [0.3, 0.4) is 0 Å². The quantitative estimate of drug-likeness (QED) is 0.639. The second-order valence-corrected chi connectivity index (χ2v) is 4.93. The molecule has 1 aromatic carbocycles. The highest BCUT2D eigenvalue weighted by Crippen LogP contribution is 2.19. The van der Waals surface area contributed by atoms with E-state index in [0.29, 0.717) is 29.2 Å². The van der Waals surface area contributed by atoms with E-state index in [9.17, 15) is 9.00 Å². The van der Waals surface area contributed by atoms with Gasteiger partial charge in [0.25, 0.3) is 0 Å². The molecule has 0 saturated heterocycles. The molecule has 16 heavy (non-hydrogen) atoms. The SMILES string of the molecule is CS(=O)CCNc1cc(C(N)=O)ccc1N. The van der Waals surface area contributed by atoms with Crippen molar-refractivity contribution in [1.82, 2.24) is 0 Å². The van der Waals surface area contributed by atoms with Crippen molar-refractivity contribution in [1.29, 1.82) is 0 Å². The fourth-order valence-electron chi connectivity index (χ4n) is 1.19. The van der Waals surface area contributed by atoms with Crippen LogP contribution in [-0.2, 0) is 10.8 Å². The van der Waals surface area contributed by atoms with E-state index in [1.54, 1.807) is 24.5 Å². The molecular weight excluding hydrogens is 226 g/mol. The number of nitrogens with one attached hydrogen (secondary N) is 1. The first kappa shape index (κ1) is 12.5. The Morgan fingerprint density at radius 3 is 2.75 bits per heavy atom. The van der Waals surface area contributed by atoms with Gasteiger partial charge in [-0.3, -0.25) is 9.00 Å². The van der Waals surface area contributed by atoms with E-state index in [1.165, 1.54) is 0 Å². The fourth-order valence-corrected chi connectivity index (χ4v) is 1.58. The molecule has 1 rings (SSSR count). The minimum absolute atomic E-state index is 0.398. The fraction of sp³-hybridized carbons (Fsp3) is 0.300. The molecule has 0 radical (unpaired) electrons. The lowest BCUT2D eigenvalue weighted by atomic mass is 10.1. The van der Waals surface area contributed by atoms with Crippen LogP contribution in [0.15, 0.2) is 18.2 Å². The van der Waals surface area contributed by atoms with E-state index >= 15 is 0 Å². The minimum Gasteiger partial charge on any atom is -0.397 e. The second kappa shape index (κ2) is 5.50. The van der Waals surface area contributed by atoms with Crippen molar-refractivity contribution in [2.45, 2.75) is 0 Å². The van der Waals surface area contributed by atoms with Crippen LogP contribution >= 0.6 is 0 Å². The van der Waals surface area contributed by atoms with Gasteiger partial charge in [-0.25, -0.2) is 0 Å². The van der Waals surface area contributed by atoms with Crippen molar-refractivity contribution < 1.29 is 9.00 Å². The maximum absolute atomic E-state index is 11.0. The molecule has 88 valence electrons. The highest BCUT2D eigenvalue weighted by Gasteiger charge is 2.04. The summed E-state index contributed by atoms with van der Waals surface area (Å²) in [4.78, 5) is 11.0. The van der Waals surface area contributed by atoms with Crippen LogP contribution in [0.4, 0.5) is 11.4 Å². The Kier molecular flexibility index (Phi) is 4.30. The van der Waals surface area contributed by atoms with Gasteiger partial charge in [0.05, 0.1) is 11.4 Å². The van der Waals surface area contributed by atoms with Crippen LogP contribution in [0, 0.1) is 0 Å². The van der Waals surface area contributed by atoms with Gasteiger partial charge in [0.15, 0.2) is 0 Å². The van der Waals surface area contributed by atoms with Crippen LogP contribution in [-0.4, -0.2) is 28.7 Å². The summed E-state index contributed by atoms with van der Waals surface area (Å²) in [6.45, 7) is 0.537. The third kappa shape index (κ3) is 3.54. The number of hydrogen-bond donors (Lipinski definition) is 3. The molecule has 1 amide bonds. The summed E-state index contributed by atoms with van der Waals surface area (Å²) < 4.78 is 10.9. The van der Waals surface area contributed by atoms with Crippen molar-refractivity contribution in [3.05, 3.63) is 23.8 Å². The maximum Gasteiger partial charge on any atom is 0.248 e. The van der Waals surface area contributed by atoms with Crippen LogP contribution < -0.4 is 16.8 Å². The Bertz CT molecular complexity index is 421. The molecule has 0 heterocycles. The van der Waals surface area contributed by atoms with Crippen molar-refractivity contribution in [3.63, 3.8) is 0 Å². The van der Waals surface area contributed by atoms with Crippen molar-refractivity contribution in [2.24, 2.45) is 5.73 Å². The molecule has 0 bridgehead atoms. The van der Waals surface area contributed by atoms with Crippen LogP contribution in [0.5, 0.6) is 0 Å². The first-order valence-corrected chi connectivity index (χ1v) is 6.46. The average Bonchev–Trinajstić information content (AvgIpc) is 2.20. The Morgan fingerprint density at radius 1 is 1.50 bits per heavy atom. The molecule has 0 aliphatic heterocycles. The largest absolute Gasteiger partial charge is 0.397 e. The van der Waals surface area contributed by atoms with E-state index in [-0.39, 0.29) is 0 Å². The summed E-state index contributed by atoms with van der Waals surface area (Å²) in [6.07, 6.45) is 1.63. The Balaban J connectivity index is 2.74. The first-order valence-electron chi connectivity index (χ1n) is 4.74. The van der Waals surface area contributed by atoms with Crippen LogP contribution in [0.1, 0.15) is 10.4 Å². The average molecular weight is 241 g/mol. The zero-order chi connectivity index (χ0) is 12.1. The lowest BCUT2D eigenvalue weighted by molar-refractivity contribution is 0.100. The zero-order valence-electron chi connectivity index (χ0n) is 9.03. The minimum atomic E-state index is -0.855. The van der Waals surface area contributed by atoms with Crippen molar-refractivity contribution in [3.8, 4) is 0 Å². The number of nitrogen functional groups attached to an aromatic ring is 1. The van der Waals surface area contributed by atoms with E-state index in [1.807, 2.05) is 0 Å². The number of amides is 1. The van der Waals surface area contributed by atoms with Gasteiger partial charge in [-0.2, -0.15) is 0 Å². The van der Waals surface area contributed by atoms with Gasteiger partial charge >= 0.3 is 0 Å². The summed E-state index contributed by atoms with van der Waals surface area (Å²) in [6, 6.07) is 4.78. The lowest BCUT2D eigenvalue weighted by Gasteiger charge is -2.09. The summed E-state index contributed by atoms with van der Waals surface area (Å²) >= 11 is 0. The lowest BCUT2D eigenvalue weighted by Crippen LogP contribution is -2.14. The normalized spacial score (nSPS) is 12.1. The maximum atomic E-state index is 11.0. The van der Waals surface area contributed by atoms with Crippen LogP contribution in [0.25, 0.3) is 0 Å². The molecular formula is C10H15N3O2S. The number of nitrogens with two attached hydrogens (primary N) is 2. The smallest absolute Gasteiger partial charge is 0.248 e. The van der Waals surface area contributed by atoms with Crippen molar-refractivity contribution in [2.75, 3.05) is 29.6 Å². The van der Waals surface area contributed by atoms with Gasteiger partial charge in [-0.15, -0.1) is 0 Å². The van der Waals surface area contributed by atoms with Gasteiger partial charge in [0.2, 0.25) is 5.91 Å². The molecule has 1 aromatic rings. The molecule has 5 nitrogen and oxygen atoms in total. The number of hydrogen-bond acceptors (Lipinski definition) is 4. The van der Waals surface area contributed by atoms with E-state index < -0.39 is 16.7 Å². The highest BCUT2D eigenvalue weighted by atomic mass is 32.2. The Morgan fingerprint density at radius 2 is 2.19 bits per heavy atom. The molecule has 0 aliphatic rings. The number of benzene rings is 1. The summed E-state index contributed by atoms with van der Waals surface area (Å²) in [7, 11) is -0.855. The number of anilines is 2. The van der Waals surface area contributed by atoms with E-state index in [2.05, 4.69) is 5.32 Å². The molecule has 5 N–H and O–H groups in total. The first-order chi connectivity index (χ1) is 7.50. The molecule has 0 spiro atoms. The number of rotatable bonds is 5. The van der Waals surface area contributed by atoms with Gasteiger partial charge < -0.3 is 16.8 Å². The molecule has 1 unspecified atom stereocenters. The topological polar surface area (TPSA) is 98.2 Å².